The van der Waals surface area contributed by atoms with Crippen LogP contribution in [0, 0.1) is 17.5 Å². The van der Waals surface area contributed by atoms with Crippen molar-refractivity contribution in [2.75, 3.05) is 0 Å². The molecule has 0 fully saturated rings. The van der Waals surface area contributed by atoms with Crippen LogP contribution >= 0.6 is 10.7 Å². The molecule has 0 saturated carbocycles. The molecule has 78 valence electrons. The van der Waals surface area contributed by atoms with E-state index in [4.69, 9.17) is 10.7 Å². The van der Waals surface area contributed by atoms with Crippen LogP contribution in [0.5, 0.6) is 0 Å². The molecule has 0 amide bonds. The fourth-order valence-electron chi connectivity index (χ4n) is 0.882. The van der Waals surface area contributed by atoms with Crippen molar-refractivity contribution in [1.29, 1.82) is 0 Å². The molecule has 0 bridgehead atoms. The average Bonchev–Trinajstić information content (AvgIpc) is 1.95. The summed E-state index contributed by atoms with van der Waals surface area (Å²) in [5.74, 6) is -4.67. The van der Waals surface area contributed by atoms with Gasteiger partial charge in [0.05, 0.1) is 5.75 Å². The minimum Gasteiger partial charge on any atom is -0.212 e. The first-order valence-electron chi connectivity index (χ1n) is 3.35. The van der Waals surface area contributed by atoms with Crippen LogP contribution in [0.2, 0.25) is 0 Å². The third-order valence-electron chi connectivity index (χ3n) is 1.42. The van der Waals surface area contributed by atoms with Crippen LogP contribution in [0.15, 0.2) is 12.1 Å². The third kappa shape index (κ3) is 2.88. The minimum absolute atomic E-state index is 0.389. The average molecular weight is 245 g/mol. The first-order valence-corrected chi connectivity index (χ1v) is 5.83. The summed E-state index contributed by atoms with van der Waals surface area (Å²) >= 11 is 0. The molecule has 0 aliphatic carbocycles. The zero-order valence-corrected chi connectivity index (χ0v) is 8.17. The van der Waals surface area contributed by atoms with E-state index in [0.717, 1.165) is 0 Å². The van der Waals surface area contributed by atoms with Gasteiger partial charge in [0.1, 0.15) is 17.5 Å². The first kappa shape index (κ1) is 11.3. The maximum Gasteiger partial charge on any atom is 0.236 e. The van der Waals surface area contributed by atoms with Crippen LogP contribution in [-0.2, 0) is 14.8 Å². The van der Waals surface area contributed by atoms with Crippen molar-refractivity contribution in [2.45, 2.75) is 5.75 Å². The van der Waals surface area contributed by atoms with E-state index in [1.165, 1.54) is 0 Å². The quantitative estimate of drug-likeness (QED) is 0.748. The predicted molar refractivity (Wildman–Crippen MR) is 44.8 cm³/mol. The van der Waals surface area contributed by atoms with E-state index in [-0.39, 0.29) is 0 Å². The summed E-state index contributed by atoms with van der Waals surface area (Å²) in [4.78, 5) is 0. The summed E-state index contributed by atoms with van der Waals surface area (Å²) in [5, 5.41) is 0. The number of rotatable bonds is 2. The van der Waals surface area contributed by atoms with E-state index >= 15 is 0 Å². The van der Waals surface area contributed by atoms with Gasteiger partial charge < -0.3 is 0 Å². The molecule has 0 spiro atoms. The molecular weight excluding hydrogens is 241 g/mol. The second-order valence-corrected chi connectivity index (χ2v) is 5.31. The molecule has 0 atom stereocenters. The standard InChI is InChI=1S/C7H4ClF3O2S/c8-14(12,13)3-5-6(10)1-4(9)2-7(5)11/h1-2H,3H2. The van der Waals surface area contributed by atoms with E-state index < -0.39 is 37.8 Å². The molecule has 0 aliphatic heterocycles. The topological polar surface area (TPSA) is 34.1 Å². The fraction of sp³-hybridized carbons (Fsp3) is 0.143. The lowest BCUT2D eigenvalue weighted by atomic mass is 10.2. The van der Waals surface area contributed by atoms with Gasteiger partial charge in [-0.1, -0.05) is 0 Å². The highest BCUT2D eigenvalue weighted by atomic mass is 35.7. The Bertz CT molecular complexity index is 435. The Labute approximate surface area is 82.7 Å². The Morgan fingerprint density at radius 3 is 1.93 bits per heavy atom. The molecule has 0 aromatic heterocycles. The Morgan fingerprint density at radius 1 is 1.14 bits per heavy atom. The summed E-state index contributed by atoms with van der Waals surface area (Å²) in [6.07, 6.45) is 0. The van der Waals surface area contributed by atoms with E-state index in [2.05, 4.69) is 0 Å². The number of benzene rings is 1. The Hall–Kier alpha value is -0.750. The predicted octanol–water partition coefficient (Wildman–Crippen LogP) is 2.17. The lowest BCUT2D eigenvalue weighted by Crippen LogP contribution is -2.02. The van der Waals surface area contributed by atoms with Gasteiger partial charge in [-0.15, -0.1) is 0 Å². The molecular formula is C7H4ClF3O2S. The Morgan fingerprint density at radius 2 is 1.57 bits per heavy atom. The van der Waals surface area contributed by atoms with Crippen molar-refractivity contribution >= 4 is 19.7 Å². The maximum absolute atomic E-state index is 12.8. The molecule has 0 aliphatic rings. The molecule has 0 unspecified atom stereocenters. The highest BCUT2D eigenvalue weighted by Gasteiger charge is 2.17. The largest absolute Gasteiger partial charge is 0.236 e. The van der Waals surface area contributed by atoms with Crippen molar-refractivity contribution in [1.82, 2.24) is 0 Å². The molecule has 0 N–H and O–H groups in total. The SMILES string of the molecule is O=S(=O)(Cl)Cc1c(F)cc(F)cc1F. The monoisotopic (exact) mass is 244 g/mol. The van der Waals surface area contributed by atoms with Gasteiger partial charge in [-0.3, -0.25) is 0 Å². The number of hydrogen-bond acceptors (Lipinski definition) is 2. The van der Waals surface area contributed by atoms with Crippen LogP contribution in [0.25, 0.3) is 0 Å². The molecule has 14 heavy (non-hydrogen) atoms. The van der Waals surface area contributed by atoms with E-state index in [0.29, 0.717) is 12.1 Å². The normalized spacial score (nSPS) is 11.7. The summed E-state index contributed by atoms with van der Waals surface area (Å²) in [6, 6.07) is 0.779. The summed E-state index contributed by atoms with van der Waals surface area (Å²) in [6.45, 7) is 0. The van der Waals surface area contributed by atoms with Gasteiger partial charge in [-0.25, -0.2) is 21.6 Å². The van der Waals surface area contributed by atoms with Crippen molar-refractivity contribution in [3.8, 4) is 0 Å². The van der Waals surface area contributed by atoms with Gasteiger partial charge in [0.25, 0.3) is 0 Å². The second kappa shape index (κ2) is 3.78. The fourth-order valence-corrected chi connectivity index (χ4v) is 1.83. The van der Waals surface area contributed by atoms with Crippen LogP contribution < -0.4 is 0 Å². The lowest BCUT2D eigenvalue weighted by molar-refractivity contribution is 0.528. The summed E-state index contributed by atoms with van der Waals surface area (Å²) < 4.78 is 59.1. The molecule has 0 heterocycles. The van der Waals surface area contributed by atoms with Gasteiger partial charge in [0.15, 0.2) is 0 Å². The Kier molecular flexibility index (Phi) is 3.06. The zero-order valence-electron chi connectivity index (χ0n) is 6.60. The van der Waals surface area contributed by atoms with E-state index in [9.17, 15) is 21.6 Å². The van der Waals surface area contributed by atoms with Gasteiger partial charge in [-0.05, 0) is 0 Å². The second-order valence-electron chi connectivity index (χ2n) is 2.53. The van der Waals surface area contributed by atoms with Crippen molar-refractivity contribution in [3.63, 3.8) is 0 Å². The summed E-state index contributed by atoms with van der Waals surface area (Å²) in [5.41, 5.74) is -0.763. The van der Waals surface area contributed by atoms with Crippen molar-refractivity contribution < 1.29 is 21.6 Å². The molecule has 0 radical (unpaired) electrons. The van der Waals surface area contributed by atoms with Crippen LogP contribution in [0.1, 0.15) is 5.56 Å². The summed E-state index contributed by atoms with van der Waals surface area (Å²) in [7, 11) is 0.731. The molecule has 1 aromatic rings. The minimum atomic E-state index is -4.07. The highest BCUT2D eigenvalue weighted by Crippen LogP contribution is 2.18. The smallest absolute Gasteiger partial charge is 0.212 e. The van der Waals surface area contributed by atoms with Gasteiger partial charge in [-0.2, -0.15) is 0 Å². The van der Waals surface area contributed by atoms with Crippen LogP contribution in [-0.4, -0.2) is 8.42 Å². The van der Waals surface area contributed by atoms with Gasteiger partial charge >= 0.3 is 0 Å². The molecule has 1 aromatic carbocycles. The lowest BCUT2D eigenvalue weighted by Gasteiger charge is -2.02. The molecule has 7 heteroatoms. The number of hydrogen-bond donors (Lipinski definition) is 0. The van der Waals surface area contributed by atoms with Gasteiger partial charge in [0.2, 0.25) is 9.05 Å². The highest BCUT2D eigenvalue weighted by molar-refractivity contribution is 8.13. The van der Waals surface area contributed by atoms with Crippen molar-refractivity contribution in [3.05, 3.63) is 35.1 Å². The van der Waals surface area contributed by atoms with E-state index in [1.54, 1.807) is 0 Å². The molecule has 1 rings (SSSR count). The first-order chi connectivity index (χ1) is 6.29. The van der Waals surface area contributed by atoms with Crippen molar-refractivity contribution in [2.24, 2.45) is 0 Å². The maximum atomic E-state index is 12.8. The zero-order chi connectivity index (χ0) is 10.9. The Balaban J connectivity index is 3.22. The van der Waals surface area contributed by atoms with Crippen LogP contribution in [0.4, 0.5) is 13.2 Å². The molecule has 0 saturated heterocycles. The number of halogens is 4. The molecule has 2 nitrogen and oxygen atoms in total. The van der Waals surface area contributed by atoms with Crippen LogP contribution in [0.3, 0.4) is 0 Å². The van der Waals surface area contributed by atoms with Gasteiger partial charge in [0, 0.05) is 28.4 Å². The third-order valence-corrected chi connectivity index (χ3v) is 2.38. The van der Waals surface area contributed by atoms with E-state index in [1.807, 2.05) is 0 Å².